The second kappa shape index (κ2) is 8.29. The second-order valence-electron chi connectivity index (χ2n) is 8.12. The van der Waals surface area contributed by atoms with Gasteiger partial charge in [-0.25, -0.2) is 9.67 Å². The Balaban J connectivity index is 1.27. The average molecular weight is 416 g/mol. The van der Waals surface area contributed by atoms with Crippen LogP contribution in [0.5, 0.6) is 0 Å². The zero-order valence-corrected chi connectivity index (χ0v) is 17.1. The van der Waals surface area contributed by atoms with Crippen molar-refractivity contribution in [1.29, 1.82) is 0 Å². The first-order chi connectivity index (χ1) is 15.2. The third-order valence-electron chi connectivity index (χ3n) is 5.94. The number of nitrogens with one attached hydrogen (secondary N) is 1. The average Bonchev–Trinajstić information content (AvgIpc) is 3.57. The summed E-state index contributed by atoms with van der Waals surface area (Å²) >= 11 is 0. The minimum atomic E-state index is -0.131. The van der Waals surface area contributed by atoms with Gasteiger partial charge >= 0.3 is 0 Å². The van der Waals surface area contributed by atoms with Gasteiger partial charge in [0.15, 0.2) is 5.69 Å². The zero-order valence-electron chi connectivity index (χ0n) is 17.1. The van der Waals surface area contributed by atoms with Gasteiger partial charge in [0, 0.05) is 31.1 Å². The number of hydrogen-bond donors (Lipinski definition) is 1. The van der Waals surface area contributed by atoms with Gasteiger partial charge in [-0.2, -0.15) is 0 Å². The molecule has 0 spiro atoms. The van der Waals surface area contributed by atoms with Crippen LogP contribution in [0.25, 0.3) is 5.69 Å². The Labute approximate surface area is 180 Å². The molecule has 1 aliphatic carbocycles. The summed E-state index contributed by atoms with van der Waals surface area (Å²) in [5.41, 5.74) is 2.27. The van der Waals surface area contributed by atoms with Crippen LogP contribution in [0, 0.1) is 5.92 Å². The molecule has 8 nitrogen and oxygen atoms in total. The molecular formula is C23H24N6O2. The van der Waals surface area contributed by atoms with Gasteiger partial charge in [0.2, 0.25) is 5.91 Å². The third-order valence-corrected chi connectivity index (χ3v) is 5.94. The number of piperidine rings is 1. The quantitative estimate of drug-likeness (QED) is 0.690. The first-order valence-electron chi connectivity index (χ1n) is 10.7. The number of likely N-dealkylation sites (tertiary alicyclic amines) is 1. The maximum absolute atomic E-state index is 13.3. The predicted molar refractivity (Wildman–Crippen MR) is 115 cm³/mol. The van der Waals surface area contributed by atoms with Crippen LogP contribution in [0.3, 0.4) is 0 Å². The first-order valence-corrected chi connectivity index (χ1v) is 10.7. The fourth-order valence-electron chi connectivity index (χ4n) is 4.08. The van der Waals surface area contributed by atoms with Gasteiger partial charge in [-0.3, -0.25) is 9.59 Å². The van der Waals surface area contributed by atoms with Crippen LogP contribution in [0.1, 0.15) is 47.8 Å². The van der Waals surface area contributed by atoms with E-state index in [0.29, 0.717) is 43.4 Å². The highest BCUT2D eigenvalue weighted by Crippen LogP contribution is 2.42. The summed E-state index contributed by atoms with van der Waals surface area (Å²) < 4.78 is 1.80. The lowest BCUT2D eigenvalue weighted by atomic mass is 9.95. The van der Waals surface area contributed by atoms with E-state index in [1.807, 2.05) is 42.5 Å². The summed E-state index contributed by atoms with van der Waals surface area (Å²) in [5, 5.41) is 11.4. The molecule has 0 unspecified atom stereocenters. The number of pyridine rings is 1. The Morgan fingerprint density at radius 2 is 1.68 bits per heavy atom. The molecule has 1 saturated carbocycles. The molecule has 5 rings (SSSR count). The Hall–Kier alpha value is -3.55. The predicted octanol–water partition coefficient (Wildman–Crippen LogP) is 3.03. The number of carbonyl (C=O) groups is 2. The molecule has 3 heterocycles. The van der Waals surface area contributed by atoms with Crippen LogP contribution in [-0.4, -0.2) is 49.8 Å². The van der Waals surface area contributed by atoms with Crippen molar-refractivity contribution in [3.8, 4) is 5.69 Å². The Morgan fingerprint density at radius 3 is 2.35 bits per heavy atom. The monoisotopic (exact) mass is 416 g/mol. The number of carbonyl (C=O) groups excluding carboxylic acids is 2. The van der Waals surface area contributed by atoms with E-state index in [1.54, 1.807) is 21.8 Å². The van der Waals surface area contributed by atoms with Crippen molar-refractivity contribution in [3.63, 3.8) is 0 Å². The van der Waals surface area contributed by atoms with E-state index in [9.17, 15) is 9.59 Å². The maximum atomic E-state index is 13.3. The van der Waals surface area contributed by atoms with Crippen molar-refractivity contribution in [2.75, 3.05) is 18.4 Å². The second-order valence-corrected chi connectivity index (χ2v) is 8.12. The van der Waals surface area contributed by atoms with E-state index in [1.165, 1.54) is 0 Å². The van der Waals surface area contributed by atoms with E-state index in [2.05, 4.69) is 20.6 Å². The van der Waals surface area contributed by atoms with Gasteiger partial charge in [-0.1, -0.05) is 29.5 Å². The van der Waals surface area contributed by atoms with Crippen LogP contribution < -0.4 is 5.32 Å². The molecule has 8 heteroatoms. The summed E-state index contributed by atoms with van der Waals surface area (Å²) in [6.07, 6.45) is 5.00. The van der Waals surface area contributed by atoms with Gasteiger partial charge in [0.25, 0.3) is 5.91 Å². The summed E-state index contributed by atoms with van der Waals surface area (Å²) in [5.74, 6) is 0.620. The minimum Gasteiger partial charge on any atom is -0.337 e. The Kier molecular flexibility index (Phi) is 5.19. The third kappa shape index (κ3) is 4.05. The molecule has 0 atom stereocenters. The van der Waals surface area contributed by atoms with Gasteiger partial charge < -0.3 is 10.2 Å². The molecule has 31 heavy (non-hydrogen) atoms. The maximum Gasteiger partial charge on any atom is 0.276 e. The van der Waals surface area contributed by atoms with E-state index in [-0.39, 0.29) is 17.7 Å². The number of hydrogen-bond acceptors (Lipinski definition) is 5. The highest BCUT2D eigenvalue weighted by molar-refractivity contribution is 5.95. The molecule has 2 aliphatic rings. The molecule has 2 fully saturated rings. The molecular weight excluding hydrogens is 392 g/mol. The molecule has 158 valence electrons. The fourth-order valence-corrected chi connectivity index (χ4v) is 4.08. The molecule has 1 aromatic carbocycles. The van der Waals surface area contributed by atoms with Gasteiger partial charge in [0.1, 0.15) is 5.82 Å². The Bertz CT molecular complexity index is 1070. The zero-order chi connectivity index (χ0) is 21.2. The normalized spacial score (nSPS) is 16.8. The molecule has 3 aromatic rings. The lowest BCUT2D eigenvalue weighted by Gasteiger charge is -2.31. The van der Waals surface area contributed by atoms with E-state index < -0.39 is 0 Å². The standard InChI is InChI=1S/C23H24N6O2/c30-22(25-19-8-4-5-13-24-19)17-11-14-28(15-12-17)23(31)20-21(16-9-10-16)29(27-26-20)18-6-2-1-3-7-18/h1-8,13,16-17H,9-12,14-15H2,(H,24,25,30). The van der Waals surface area contributed by atoms with Crippen molar-refractivity contribution >= 4 is 17.6 Å². The van der Waals surface area contributed by atoms with Crippen molar-refractivity contribution in [2.45, 2.75) is 31.6 Å². The molecule has 1 N–H and O–H groups in total. The fraction of sp³-hybridized carbons (Fsp3) is 0.348. The topological polar surface area (TPSA) is 93.0 Å². The molecule has 0 bridgehead atoms. The molecule has 1 aliphatic heterocycles. The number of nitrogens with zero attached hydrogens (tertiary/aromatic N) is 5. The van der Waals surface area contributed by atoms with Crippen LogP contribution in [0.4, 0.5) is 5.82 Å². The van der Waals surface area contributed by atoms with Gasteiger partial charge in [-0.05, 0) is 49.9 Å². The first kappa shape index (κ1) is 19.4. The van der Waals surface area contributed by atoms with Gasteiger partial charge in [-0.15, -0.1) is 5.10 Å². The number of anilines is 1. The smallest absolute Gasteiger partial charge is 0.276 e. The van der Waals surface area contributed by atoms with Crippen molar-refractivity contribution < 1.29 is 9.59 Å². The van der Waals surface area contributed by atoms with E-state index in [4.69, 9.17) is 0 Å². The lowest BCUT2D eigenvalue weighted by Crippen LogP contribution is -2.42. The van der Waals surface area contributed by atoms with Gasteiger partial charge in [0.05, 0.1) is 11.4 Å². The number of aromatic nitrogens is 4. The molecule has 2 amide bonds. The number of amides is 2. The highest BCUT2D eigenvalue weighted by atomic mass is 16.2. The lowest BCUT2D eigenvalue weighted by molar-refractivity contribution is -0.121. The van der Waals surface area contributed by atoms with E-state index >= 15 is 0 Å². The number of para-hydroxylation sites is 1. The number of rotatable bonds is 5. The van der Waals surface area contributed by atoms with Crippen molar-refractivity contribution in [2.24, 2.45) is 5.92 Å². The largest absolute Gasteiger partial charge is 0.337 e. The molecule has 1 saturated heterocycles. The van der Waals surface area contributed by atoms with Crippen LogP contribution >= 0.6 is 0 Å². The SMILES string of the molecule is O=C(Nc1ccccn1)C1CCN(C(=O)c2nnn(-c3ccccc3)c2C2CC2)CC1. The minimum absolute atomic E-state index is 0.0421. The van der Waals surface area contributed by atoms with Crippen LogP contribution in [0.15, 0.2) is 54.7 Å². The summed E-state index contributed by atoms with van der Waals surface area (Å²) in [7, 11) is 0. The summed E-state index contributed by atoms with van der Waals surface area (Å²) in [6, 6.07) is 15.2. The molecule has 2 aromatic heterocycles. The van der Waals surface area contributed by atoms with E-state index in [0.717, 1.165) is 24.2 Å². The molecule has 0 radical (unpaired) electrons. The van der Waals surface area contributed by atoms with Crippen molar-refractivity contribution in [1.82, 2.24) is 24.9 Å². The van der Waals surface area contributed by atoms with Crippen LogP contribution in [0.2, 0.25) is 0 Å². The number of benzene rings is 1. The Morgan fingerprint density at radius 1 is 0.935 bits per heavy atom. The summed E-state index contributed by atoms with van der Waals surface area (Å²) in [4.78, 5) is 31.8. The summed E-state index contributed by atoms with van der Waals surface area (Å²) in [6.45, 7) is 1.06. The van der Waals surface area contributed by atoms with Crippen LogP contribution in [-0.2, 0) is 4.79 Å². The van der Waals surface area contributed by atoms with Crippen molar-refractivity contribution in [3.05, 3.63) is 66.1 Å². The highest BCUT2D eigenvalue weighted by Gasteiger charge is 2.37.